The third-order valence-corrected chi connectivity index (χ3v) is 1.81. The van der Waals surface area contributed by atoms with E-state index >= 15 is 0 Å². The molecule has 1 aromatic carbocycles. The van der Waals surface area contributed by atoms with Crippen LogP contribution in [0.4, 0.5) is 5.69 Å². The van der Waals surface area contributed by atoms with Crippen LogP contribution in [0, 0.1) is 0 Å². The summed E-state index contributed by atoms with van der Waals surface area (Å²) in [4.78, 5) is 0. The normalized spacial score (nSPS) is 10.9. The number of hydrogen-bond acceptors (Lipinski definition) is 3. The Bertz CT molecular complexity index is 432. The van der Waals surface area contributed by atoms with E-state index in [1.807, 2.05) is 36.4 Å². The van der Waals surface area contributed by atoms with Gasteiger partial charge in [0.2, 0.25) is 0 Å². The van der Waals surface area contributed by atoms with Crippen molar-refractivity contribution in [3.05, 3.63) is 47.9 Å². The van der Waals surface area contributed by atoms with E-state index in [2.05, 4.69) is 5.16 Å². The molecule has 3 nitrogen and oxygen atoms in total. The van der Waals surface area contributed by atoms with Crippen LogP contribution in [0.2, 0.25) is 0 Å². The Morgan fingerprint density at radius 3 is 2.86 bits per heavy atom. The zero-order chi connectivity index (χ0) is 9.80. The Balaban J connectivity index is 2.18. The van der Waals surface area contributed by atoms with Gasteiger partial charge in [-0.15, -0.1) is 0 Å². The summed E-state index contributed by atoms with van der Waals surface area (Å²) in [6.45, 7) is 0. The van der Waals surface area contributed by atoms with Crippen LogP contribution in [0.5, 0.6) is 0 Å². The van der Waals surface area contributed by atoms with E-state index in [0.717, 1.165) is 17.0 Å². The SMILES string of the molecule is Nc1cccc(C=Cc2ccno2)c1. The maximum Gasteiger partial charge on any atom is 0.159 e. The molecule has 2 N–H and O–H groups in total. The molecule has 0 aliphatic rings. The number of benzene rings is 1. The number of aromatic nitrogens is 1. The summed E-state index contributed by atoms with van der Waals surface area (Å²) in [6.07, 6.45) is 5.39. The van der Waals surface area contributed by atoms with Crippen LogP contribution in [0.15, 0.2) is 41.1 Å². The van der Waals surface area contributed by atoms with E-state index in [1.165, 1.54) is 0 Å². The lowest BCUT2D eigenvalue weighted by Gasteiger charge is -1.94. The van der Waals surface area contributed by atoms with Gasteiger partial charge >= 0.3 is 0 Å². The number of rotatable bonds is 2. The van der Waals surface area contributed by atoms with Gasteiger partial charge in [0.25, 0.3) is 0 Å². The molecule has 0 saturated heterocycles. The van der Waals surface area contributed by atoms with Gasteiger partial charge in [-0.3, -0.25) is 0 Å². The quantitative estimate of drug-likeness (QED) is 0.733. The van der Waals surface area contributed by atoms with E-state index in [0.29, 0.717) is 0 Å². The molecule has 3 heteroatoms. The van der Waals surface area contributed by atoms with Crippen molar-refractivity contribution in [2.75, 3.05) is 5.73 Å². The molecule has 70 valence electrons. The molecule has 0 aliphatic carbocycles. The molecular formula is C11H10N2O. The van der Waals surface area contributed by atoms with E-state index in [1.54, 1.807) is 12.3 Å². The van der Waals surface area contributed by atoms with Gasteiger partial charge in [-0.05, 0) is 23.8 Å². The summed E-state index contributed by atoms with van der Waals surface area (Å²) in [7, 11) is 0. The lowest BCUT2D eigenvalue weighted by molar-refractivity contribution is 0.413. The standard InChI is InChI=1S/C11H10N2O/c12-10-3-1-2-9(8-10)4-5-11-6-7-13-14-11/h1-8H,12H2. The minimum absolute atomic E-state index is 0.729. The maximum atomic E-state index is 5.64. The predicted molar refractivity (Wildman–Crippen MR) is 56.3 cm³/mol. The molecule has 0 saturated carbocycles. The molecule has 2 aromatic rings. The monoisotopic (exact) mass is 186 g/mol. The van der Waals surface area contributed by atoms with Crippen LogP contribution < -0.4 is 5.73 Å². The summed E-state index contributed by atoms with van der Waals surface area (Å²) < 4.78 is 4.92. The minimum atomic E-state index is 0.729. The highest BCUT2D eigenvalue weighted by molar-refractivity contribution is 5.68. The van der Waals surface area contributed by atoms with Crippen molar-refractivity contribution in [1.29, 1.82) is 0 Å². The summed E-state index contributed by atoms with van der Waals surface area (Å²) in [5, 5.41) is 3.60. The first-order valence-electron chi connectivity index (χ1n) is 4.29. The van der Waals surface area contributed by atoms with Crippen LogP contribution in [0.3, 0.4) is 0 Å². The van der Waals surface area contributed by atoms with Gasteiger partial charge in [0, 0.05) is 11.8 Å². The van der Waals surface area contributed by atoms with Crippen LogP contribution in [-0.2, 0) is 0 Å². The molecule has 14 heavy (non-hydrogen) atoms. The van der Waals surface area contributed by atoms with Crippen LogP contribution >= 0.6 is 0 Å². The Labute approximate surface area is 81.8 Å². The van der Waals surface area contributed by atoms with E-state index in [9.17, 15) is 0 Å². The smallest absolute Gasteiger partial charge is 0.159 e. The third kappa shape index (κ3) is 2.01. The van der Waals surface area contributed by atoms with Gasteiger partial charge in [-0.2, -0.15) is 0 Å². The van der Waals surface area contributed by atoms with Gasteiger partial charge < -0.3 is 10.3 Å². The third-order valence-electron chi connectivity index (χ3n) is 1.81. The topological polar surface area (TPSA) is 52.0 Å². The predicted octanol–water partition coefficient (Wildman–Crippen LogP) is 2.43. The highest BCUT2D eigenvalue weighted by Gasteiger charge is 1.90. The molecule has 0 radical (unpaired) electrons. The largest absolute Gasteiger partial charge is 0.399 e. The molecule has 0 bridgehead atoms. The minimum Gasteiger partial charge on any atom is -0.399 e. The lowest BCUT2D eigenvalue weighted by atomic mass is 10.2. The molecule has 0 atom stereocenters. The van der Waals surface area contributed by atoms with E-state index in [4.69, 9.17) is 10.3 Å². The zero-order valence-corrected chi connectivity index (χ0v) is 7.55. The Kier molecular flexibility index (Phi) is 2.32. The van der Waals surface area contributed by atoms with Crippen molar-refractivity contribution < 1.29 is 4.52 Å². The molecule has 1 aromatic heterocycles. The fourth-order valence-corrected chi connectivity index (χ4v) is 1.15. The summed E-state index contributed by atoms with van der Waals surface area (Å²) >= 11 is 0. The van der Waals surface area contributed by atoms with Crippen molar-refractivity contribution in [2.45, 2.75) is 0 Å². The van der Waals surface area contributed by atoms with E-state index in [-0.39, 0.29) is 0 Å². The Hall–Kier alpha value is -2.03. The van der Waals surface area contributed by atoms with Crippen molar-refractivity contribution in [2.24, 2.45) is 0 Å². The molecule has 0 amide bonds. The van der Waals surface area contributed by atoms with Gasteiger partial charge in [-0.1, -0.05) is 23.4 Å². The van der Waals surface area contributed by atoms with Gasteiger partial charge in [0.05, 0.1) is 6.20 Å². The van der Waals surface area contributed by atoms with Crippen LogP contribution in [-0.4, -0.2) is 5.16 Å². The summed E-state index contributed by atoms with van der Waals surface area (Å²) in [5.74, 6) is 0.729. The van der Waals surface area contributed by atoms with Crippen LogP contribution in [0.1, 0.15) is 11.3 Å². The first-order chi connectivity index (χ1) is 6.84. The molecule has 0 fully saturated rings. The van der Waals surface area contributed by atoms with Crippen molar-refractivity contribution in [1.82, 2.24) is 5.16 Å². The van der Waals surface area contributed by atoms with Gasteiger partial charge in [-0.25, -0.2) is 0 Å². The first kappa shape index (κ1) is 8.56. The van der Waals surface area contributed by atoms with Crippen molar-refractivity contribution >= 4 is 17.8 Å². The fraction of sp³-hybridized carbons (Fsp3) is 0. The number of anilines is 1. The van der Waals surface area contributed by atoms with Gasteiger partial charge in [0.15, 0.2) is 5.76 Å². The molecule has 0 unspecified atom stereocenters. The molecule has 0 aliphatic heterocycles. The first-order valence-corrected chi connectivity index (χ1v) is 4.29. The fourth-order valence-electron chi connectivity index (χ4n) is 1.15. The second kappa shape index (κ2) is 3.79. The maximum absolute atomic E-state index is 5.64. The summed E-state index contributed by atoms with van der Waals surface area (Å²) in [6, 6.07) is 9.43. The highest BCUT2D eigenvalue weighted by Crippen LogP contribution is 2.10. The molecule has 0 spiro atoms. The number of nitrogens with two attached hydrogens (primary N) is 1. The molecule has 2 rings (SSSR count). The highest BCUT2D eigenvalue weighted by atomic mass is 16.5. The second-order valence-corrected chi connectivity index (χ2v) is 2.92. The lowest BCUT2D eigenvalue weighted by Crippen LogP contribution is -1.83. The van der Waals surface area contributed by atoms with Crippen molar-refractivity contribution in [3.63, 3.8) is 0 Å². The van der Waals surface area contributed by atoms with Crippen LogP contribution in [0.25, 0.3) is 12.2 Å². The average molecular weight is 186 g/mol. The zero-order valence-electron chi connectivity index (χ0n) is 7.55. The molecule has 1 heterocycles. The second-order valence-electron chi connectivity index (χ2n) is 2.92. The van der Waals surface area contributed by atoms with E-state index < -0.39 is 0 Å². The van der Waals surface area contributed by atoms with Crippen molar-refractivity contribution in [3.8, 4) is 0 Å². The molecular weight excluding hydrogens is 176 g/mol. The average Bonchev–Trinajstić information content (AvgIpc) is 2.67. The van der Waals surface area contributed by atoms with Gasteiger partial charge in [0.1, 0.15) is 0 Å². The number of nitrogen functional groups attached to an aromatic ring is 1. The number of nitrogens with zero attached hydrogens (tertiary/aromatic N) is 1. The number of hydrogen-bond donors (Lipinski definition) is 1. The summed E-state index contributed by atoms with van der Waals surface area (Å²) in [5.41, 5.74) is 7.44. The Morgan fingerprint density at radius 1 is 1.21 bits per heavy atom. The Morgan fingerprint density at radius 2 is 2.14 bits per heavy atom.